The molecule has 1 aliphatic heterocycles. The van der Waals surface area contributed by atoms with Crippen LogP contribution < -0.4 is 0 Å². The van der Waals surface area contributed by atoms with Crippen molar-refractivity contribution in [2.75, 3.05) is 6.61 Å². The van der Waals surface area contributed by atoms with Crippen LogP contribution in [0.15, 0.2) is 72.8 Å². The fraction of sp³-hybridized carbons (Fsp3) is 0.276. The molecule has 0 N–H and O–H groups in total. The summed E-state index contributed by atoms with van der Waals surface area (Å²) in [6.07, 6.45) is 3.08. The molecule has 0 unspecified atom stereocenters. The van der Waals surface area contributed by atoms with Gasteiger partial charge in [-0.15, -0.1) is 0 Å². The number of piperidine rings is 1. The standard InChI is InChI=1S/C29H28N2O3/c1-19-9-7-10-20(2)31(19)28(32)18-34-29(33)25-17-27(30-26-16-6-5-14-24(25)26)23-15-8-12-21-11-3-4-13-22(21)23/h3-6,8,11-17,19-20H,7,9-10,18H2,1-2H3/t19-,20+. The van der Waals surface area contributed by atoms with E-state index in [1.165, 1.54) is 0 Å². The molecule has 5 heteroatoms. The number of aromatic nitrogens is 1. The Hall–Kier alpha value is -3.73. The second-order valence-corrected chi connectivity index (χ2v) is 9.11. The van der Waals surface area contributed by atoms with Crippen LogP contribution in [0.25, 0.3) is 32.9 Å². The van der Waals surface area contributed by atoms with Gasteiger partial charge >= 0.3 is 5.97 Å². The molecule has 1 aromatic heterocycles. The van der Waals surface area contributed by atoms with Gasteiger partial charge in [0.15, 0.2) is 6.61 Å². The lowest BCUT2D eigenvalue weighted by Gasteiger charge is -2.38. The number of benzene rings is 3. The molecule has 1 amide bonds. The van der Waals surface area contributed by atoms with Gasteiger partial charge in [-0.3, -0.25) is 4.79 Å². The van der Waals surface area contributed by atoms with Gasteiger partial charge in [0.2, 0.25) is 0 Å². The van der Waals surface area contributed by atoms with Gasteiger partial charge in [0.1, 0.15) is 0 Å². The maximum absolute atomic E-state index is 13.2. The summed E-state index contributed by atoms with van der Waals surface area (Å²) in [5.41, 5.74) is 2.78. The Labute approximate surface area is 199 Å². The predicted molar refractivity (Wildman–Crippen MR) is 135 cm³/mol. The van der Waals surface area contributed by atoms with Crippen LogP contribution in [-0.4, -0.2) is 40.5 Å². The number of carbonyl (C=O) groups excluding carboxylic acids is 2. The van der Waals surface area contributed by atoms with Crippen LogP contribution in [0.3, 0.4) is 0 Å². The van der Waals surface area contributed by atoms with E-state index in [-0.39, 0.29) is 24.6 Å². The van der Waals surface area contributed by atoms with Gasteiger partial charge in [-0.05, 0) is 56.0 Å². The second kappa shape index (κ2) is 9.26. The van der Waals surface area contributed by atoms with Gasteiger partial charge < -0.3 is 9.64 Å². The van der Waals surface area contributed by atoms with E-state index in [0.29, 0.717) is 22.2 Å². The molecule has 5 rings (SSSR count). The van der Waals surface area contributed by atoms with Crippen LogP contribution in [0.2, 0.25) is 0 Å². The van der Waals surface area contributed by atoms with Crippen molar-refractivity contribution in [1.29, 1.82) is 0 Å². The molecule has 2 atom stereocenters. The maximum Gasteiger partial charge on any atom is 0.339 e. The Morgan fingerprint density at radius 3 is 2.38 bits per heavy atom. The Morgan fingerprint density at radius 2 is 1.59 bits per heavy atom. The van der Waals surface area contributed by atoms with E-state index in [0.717, 1.165) is 35.6 Å². The lowest BCUT2D eigenvalue weighted by molar-refractivity contribution is -0.140. The summed E-state index contributed by atoms with van der Waals surface area (Å²) in [6, 6.07) is 23.8. The zero-order chi connectivity index (χ0) is 23.7. The van der Waals surface area contributed by atoms with Gasteiger partial charge in [-0.25, -0.2) is 9.78 Å². The number of hydrogen-bond acceptors (Lipinski definition) is 4. The van der Waals surface area contributed by atoms with Crippen molar-refractivity contribution in [2.45, 2.75) is 45.2 Å². The summed E-state index contributed by atoms with van der Waals surface area (Å²) >= 11 is 0. The quantitative estimate of drug-likeness (QED) is 0.356. The van der Waals surface area contributed by atoms with Crippen LogP contribution in [0.4, 0.5) is 0 Å². The third-order valence-corrected chi connectivity index (χ3v) is 6.81. The van der Waals surface area contributed by atoms with Gasteiger partial charge in [0.25, 0.3) is 5.91 Å². The average molecular weight is 453 g/mol. The molecule has 3 aromatic carbocycles. The third kappa shape index (κ3) is 4.14. The summed E-state index contributed by atoms with van der Waals surface area (Å²) in [4.78, 5) is 32.8. The summed E-state index contributed by atoms with van der Waals surface area (Å²) in [5.74, 6) is -0.647. The van der Waals surface area contributed by atoms with E-state index in [1.54, 1.807) is 6.07 Å². The SMILES string of the molecule is C[C@@H]1CCC[C@H](C)N1C(=O)COC(=O)c1cc(-c2cccc3ccccc23)nc2ccccc12. The van der Waals surface area contributed by atoms with Crippen molar-refractivity contribution >= 4 is 33.6 Å². The van der Waals surface area contributed by atoms with Crippen molar-refractivity contribution in [2.24, 2.45) is 0 Å². The summed E-state index contributed by atoms with van der Waals surface area (Å²) in [7, 11) is 0. The predicted octanol–water partition coefficient (Wildman–Crippen LogP) is 6.00. The first-order valence-electron chi connectivity index (χ1n) is 11.9. The van der Waals surface area contributed by atoms with Crippen LogP contribution in [-0.2, 0) is 9.53 Å². The normalized spacial score (nSPS) is 18.2. The van der Waals surface area contributed by atoms with Crippen molar-refractivity contribution < 1.29 is 14.3 Å². The molecule has 0 radical (unpaired) electrons. The summed E-state index contributed by atoms with van der Waals surface area (Å²) < 4.78 is 5.57. The number of likely N-dealkylation sites (tertiary alicyclic amines) is 1. The average Bonchev–Trinajstić information content (AvgIpc) is 2.86. The molecule has 0 spiro atoms. The third-order valence-electron chi connectivity index (χ3n) is 6.81. The van der Waals surface area contributed by atoms with Crippen LogP contribution >= 0.6 is 0 Å². The summed E-state index contributed by atoms with van der Waals surface area (Å²) in [6.45, 7) is 3.86. The highest BCUT2D eigenvalue weighted by Gasteiger charge is 2.29. The van der Waals surface area contributed by atoms with Gasteiger partial charge in [-0.1, -0.05) is 60.7 Å². The molecule has 4 aromatic rings. The first-order chi connectivity index (χ1) is 16.5. The number of carbonyl (C=O) groups is 2. The number of hydrogen-bond donors (Lipinski definition) is 0. The number of para-hydroxylation sites is 1. The molecule has 34 heavy (non-hydrogen) atoms. The molecular formula is C29H28N2O3. The molecule has 0 saturated carbocycles. The number of rotatable bonds is 4. The minimum Gasteiger partial charge on any atom is -0.452 e. The molecule has 0 bridgehead atoms. The Bertz CT molecular complexity index is 1370. The van der Waals surface area contributed by atoms with E-state index in [9.17, 15) is 9.59 Å². The Kier molecular flexibility index (Phi) is 6.01. The van der Waals surface area contributed by atoms with E-state index in [4.69, 9.17) is 9.72 Å². The highest BCUT2D eigenvalue weighted by Crippen LogP contribution is 2.31. The number of esters is 1. The monoisotopic (exact) mass is 452 g/mol. The fourth-order valence-electron chi connectivity index (χ4n) is 5.12. The number of nitrogens with zero attached hydrogens (tertiary/aromatic N) is 2. The molecule has 1 saturated heterocycles. The molecule has 2 heterocycles. The molecule has 0 aliphatic carbocycles. The largest absolute Gasteiger partial charge is 0.452 e. The number of pyridine rings is 1. The summed E-state index contributed by atoms with van der Waals surface area (Å²) in [5, 5.41) is 2.88. The lowest BCUT2D eigenvalue weighted by atomic mass is 9.97. The van der Waals surface area contributed by atoms with Crippen LogP contribution in [0.5, 0.6) is 0 Å². The fourth-order valence-corrected chi connectivity index (χ4v) is 5.12. The first-order valence-corrected chi connectivity index (χ1v) is 11.9. The Morgan fingerprint density at radius 1 is 0.912 bits per heavy atom. The van der Waals surface area contributed by atoms with Crippen molar-refractivity contribution in [3.05, 3.63) is 78.4 Å². The van der Waals surface area contributed by atoms with Gasteiger partial charge in [0.05, 0.1) is 16.8 Å². The van der Waals surface area contributed by atoms with Gasteiger partial charge in [0, 0.05) is 23.0 Å². The smallest absolute Gasteiger partial charge is 0.339 e. The molecule has 172 valence electrons. The van der Waals surface area contributed by atoms with E-state index < -0.39 is 5.97 Å². The zero-order valence-corrected chi connectivity index (χ0v) is 19.5. The van der Waals surface area contributed by atoms with Crippen molar-refractivity contribution in [3.63, 3.8) is 0 Å². The van der Waals surface area contributed by atoms with E-state index in [1.807, 2.05) is 53.4 Å². The molecular weight excluding hydrogens is 424 g/mol. The highest BCUT2D eigenvalue weighted by atomic mass is 16.5. The zero-order valence-electron chi connectivity index (χ0n) is 19.5. The van der Waals surface area contributed by atoms with Crippen LogP contribution in [0, 0.1) is 0 Å². The minimum atomic E-state index is -0.509. The van der Waals surface area contributed by atoms with Gasteiger partial charge in [-0.2, -0.15) is 0 Å². The van der Waals surface area contributed by atoms with Crippen LogP contribution in [0.1, 0.15) is 43.5 Å². The molecule has 5 nitrogen and oxygen atoms in total. The molecule has 1 aliphatic rings. The highest BCUT2D eigenvalue weighted by molar-refractivity contribution is 6.06. The minimum absolute atomic E-state index is 0.138. The number of amides is 1. The van der Waals surface area contributed by atoms with E-state index >= 15 is 0 Å². The second-order valence-electron chi connectivity index (χ2n) is 9.11. The Balaban J connectivity index is 1.48. The van der Waals surface area contributed by atoms with E-state index in [2.05, 4.69) is 32.0 Å². The number of ether oxygens (including phenoxy) is 1. The maximum atomic E-state index is 13.2. The number of fused-ring (bicyclic) bond motifs is 2. The van der Waals surface area contributed by atoms with Crippen molar-refractivity contribution in [3.8, 4) is 11.3 Å². The topological polar surface area (TPSA) is 59.5 Å². The van der Waals surface area contributed by atoms with Crippen molar-refractivity contribution in [1.82, 2.24) is 9.88 Å². The first kappa shape index (κ1) is 22.1. The molecule has 1 fully saturated rings. The lowest BCUT2D eigenvalue weighted by Crippen LogP contribution is -2.49.